The number of nitrogens with zero attached hydrogens (tertiary/aromatic N) is 3. The number of carbonyl (C=O) groups excluding carboxylic acids is 2. The Balaban J connectivity index is 1.68. The first-order chi connectivity index (χ1) is 13.4. The van der Waals surface area contributed by atoms with Gasteiger partial charge in [0.2, 0.25) is 5.91 Å². The summed E-state index contributed by atoms with van der Waals surface area (Å²) in [5.41, 5.74) is 3.73. The first kappa shape index (κ1) is 19.8. The number of hydrogen-bond acceptors (Lipinski definition) is 5. The molecule has 0 aliphatic carbocycles. The van der Waals surface area contributed by atoms with Crippen molar-refractivity contribution in [1.29, 1.82) is 0 Å². The Kier molecular flexibility index (Phi) is 6.26. The number of amides is 1. The van der Waals surface area contributed by atoms with E-state index in [2.05, 4.69) is 21.6 Å². The molecule has 0 saturated carbocycles. The number of aromatic nitrogens is 3. The highest BCUT2D eigenvalue weighted by Crippen LogP contribution is 2.23. The highest BCUT2D eigenvalue weighted by atomic mass is 32.2. The molecule has 0 spiro atoms. The molecule has 1 aromatic heterocycles. The minimum Gasteiger partial charge on any atom is -0.352 e. The van der Waals surface area contributed by atoms with Crippen LogP contribution in [0.3, 0.4) is 0 Å². The van der Waals surface area contributed by atoms with E-state index in [1.807, 2.05) is 48.7 Å². The summed E-state index contributed by atoms with van der Waals surface area (Å²) < 4.78 is 1.96. The van der Waals surface area contributed by atoms with Gasteiger partial charge in [-0.3, -0.25) is 14.2 Å². The molecule has 1 heterocycles. The number of benzene rings is 2. The van der Waals surface area contributed by atoms with Crippen molar-refractivity contribution in [2.45, 2.75) is 32.5 Å². The lowest BCUT2D eigenvalue weighted by Gasteiger charge is -2.09. The topological polar surface area (TPSA) is 76.9 Å². The molecule has 2 aromatic carbocycles. The third-order valence-electron chi connectivity index (χ3n) is 4.20. The van der Waals surface area contributed by atoms with Crippen LogP contribution in [0.5, 0.6) is 0 Å². The van der Waals surface area contributed by atoms with Crippen LogP contribution in [0.1, 0.15) is 34.2 Å². The van der Waals surface area contributed by atoms with Crippen LogP contribution in [0.15, 0.2) is 53.7 Å². The van der Waals surface area contributed by atoms with Gasteiger partial charge in [-0.25, -0.2) is 0 Å². The zero-order chi connectivity index (χ0) is 20.1. The number of thioether (sulfide) groups is 1. The van der Waals surface area contributed by atoms with E-state index in [-0.39, 0.29) is 17.4 Å². The lowest BCUT2D eigenvalue weighted by atomic mass is 10.1. The summed E-state index contributed by atoms with van der Waals surface area (Å²) in [6.45, 7) is 5.87. The Bertz CT molecular complexity index is 996. The molecule has 28 heavy (non-hydrogen) atoms. The van der Waals surface area contributed by atoms with E-state index in [0.29, 0.717) is 17.3 Å². The van der Waals surface area contributed by atoms with Gasteiger partial charge in [0.15, 0.2) is 10.9 Å². The lowest BCUT2D eigenvalue weighted by Crippen LogP contribution is -2.18. The van der Waals surface area contributed by atoms with Crippen molar-refractivity contribution in [3.05, 3.63) is 71.0 Å². The first-order valence-corrected chi connectivity index (χ1v) is 9.91. The van der Waals surface area contributed by atoms with E-state index in [1.165, 1.54) is 18.7 Å². The predicted octanol–water partition coefficient (Wildman–Crippen LogP) is 3.50. The fraction of sp³-hybridized carbons (Fsp3) is 0.238. The minimum absolute atomic E-state index is 0.0209. The molecule has 144 valence electrons. The summed E-state index contributed by atoms with van der Waals surface area (Å²) in [5.74, 6) is 0.995. The van der Waals surface area contributed by atoms with Gasteiger partial charge in [-0.1, -0.05) is 48.2 Å². The Morgan fingerprint density at radius 1 is 1.07 bits per heavy atom. The smallest absolute Gasteiger partial charge is 0.217 e. The SMILES string of the molecule is CC(=O)NCc1ccc(C(=O)CSc2nnc(C)n2-c2cccc(C)c2)cc1. The van der Waals surface area contributed by atoms with Gasteiger partial charge < -0.3 is 5.32 Å². The standard InChI is InChI=1S/C21H22N4O2S/c1-14-5-4-6-19(11-14)25-15(2)23-24-21(25)28-13-20(27)18-9-7-17(8-10-18)12-22-16(3)26/h4-11H,12-13H2,1-3H3,(H,22,26). The maximum Gasteiger partial charge on any atom is 0.217 e. The average molecular weight is 395 g/mol. The number of ketones is 1. The van der Waals surface area contributed by atoms with Crippen LogP contribution in [0.25, 0.3) is 5.69 Å². The summed E-state index contributed by atoms with van der Waals surface area (Å²) in [6.07, 6.45) is 0. The Labute approximate surface area is 168 Å². The molecule has 6 nitrogen and oxygen atoms in total. The molecule has 0 unspecified atom stereocenters. The number of Topliss-reactive ketones (excluding diaryl/α,β-unsaturated/α-hetero) is 1. The summed E-state index contributed by atoms with van der Waals surface area (Å²) in [4.78, 5) is 23.5. The van der Waals surface area contributed by atoms with Crippen molar-refractivity contribution in [1.82, 2.24) is 20.1 Å². The molecule has 0 bridgehead atoms. The zero-order valence-corrected chi connectivity index (χ0v) is 16.9. The van der Waals surface area contributed by atoms with Gasteiger partial charge in [0, 0.05) is 24.7 Å². The third-order valence-corrected chi connectivity index (χ3v) is 5.13. The van der Waals surface area contributed by atoms with Crippen molar-refractivity contribution >= 4 is 23.5 Å². The summed E-state index contributed by atoms with van der Waals surface area (Å²) in [5, 5.41) is 11.8. The van der Waals surface area contributed by atoms with Crippen molar-refractivity contribution in [2.24, 2.45) is 0 Å². The number of nitrogens with one attached hydrogen (secondary N) is 1. The highest BCUT2D eigenvalue weighted by molar-refractivity contribution is 7.99. The second kappa shape index (κ2) is 8.84. The molecule has 3 rings (SSSR count). The zero-order valence-electron chi connectivity index (χ0n) is 16.1. The van der Waals surface area contributed by atoms with Crippen LogP contribution in [0.2, 0.25) is 0 Å². The van der Waals surface area contributed by atoms with Crippen LogP contribution in [-0.4, -0.2) is 32.2 Å². The van der Waals surface area contributed by atoms with Gasteiger partial charge in [-0.05, 0) is 37.1 Å². The van der Waals surface area contributed by atoms with Crippen molar-refractivity contribution in [2.75, 3.05) is 5.75 Å². The molecule has 0 atom stereocenters. The third kappa shape index (κ3) is 4.86. The second-order valence-corrected chi connectivity index (χ2v) is 7.47. The molecule has 0 aliphatic rings. The Morgan fingerprint density at radius 3 is 2.50 bits per heavy atom. The normalized spacial score (nSPS) is 10.7. The van der Waals surface area contributed by atoms with Gasteiger partial charge >= 0.3 is 0 Å². The fourth-order valence-electron chi connectivity index (χ4n) is 2.75. The minimum atomic E-state index is -0.0791. The lowest BCUT2D eigenvalue weighted by molar-refractivity contribution is -0.119. The van der Waals surface area contributed by atoms with Crippen LogP contribution in [0.4, 0.5) is 0 Å². The molecule has 0 aliphatic heterocycles. The molecule has 0 fully saturated rings. The maximum atomic E-state index is 12.6. The number of aryl methyl sites for hydroxylation is 2. The molecule has 1 N–H and O–H groups in total. The van der Waals surface area contributed by atoms with Gasteiger partial charge in [-0.2, -0.15) is 0 Å². The first-order valence-electron chi connectivity index (χ1n) is 8.92. The Morgan fingerprint density at radius 2 is 1.82 bits per heavy atom. The van der Waals surface area contributed by atoms with Crippen LogP contribution in [0, 0.1) is 13.8 Å². The van der Waals surface area contributed by atoms with Gasteiger partial charge in [0.1, 0.15) is 5.82 Å². The molecule has 0 saturated heterocycles. The molecule has 1 amide bonds. The molecule has 7 heteroatoms. The van der Waals surface area contributed by atoms with Crippen LogP contribution < -0.4 is 5.32 Å². The van der Waals surface area contributed by atoms with Gasteiger partial charge in [0.05, 0.1) is 5.75 Å². The fourth-order valence-corrected chi connectivity index (χ4v) is 3.64. The van der Waals surface area contributed by atoms with Crippen molar-refractivity contribution in [3.8, 4) is 5.69 Å². The summed E-state index contributed by atoms with van der Waals surface area (Å²) in [7, 11) is 0. The van der Waals surface area contributed by atoms with E-state index < -0.39 is 0 Å². The highest BCUT2D eigenvalue weighted by Gasteiger charge is 2.14. The number of rotatable bonds is 7. The van der Waals surface area contributed by atoms with Gasteiger partial charge in [0.25, 0.3) is 0 Å². The van der Waals surface area contributed by atoms with E-state index in [1.54, 1.807) is 12.1 Å². The average Bonchev–Trinajstić information content (AvgIpc) is 3.05. The van der Waals surface area contributed by atoms with E-state index in [4.69, 9.17) is 0 Å². The summed E-state index contributed by atoms with van der Waals surface area (Å²) in [6, 6.07) is 15.4. The maximum absolute atomic E-state index is 12.6. The predicted molar refractivity (Wildman–Crippen MR) is 110 cm³/mol. The number of carbonyl (C=O) groups is 2. The monoisotopic (exact) mass is 394 g/mol. The van der Waals surface area contributed by atoms with Crippen LogP contribution >= 0.6 is 11.8 Å². The van der Waals surface area contributed by atoms with Crippen molar-refractivity contribution in [3.63, 3.8) is 0 Å². The molecular formula is C21H22N4O2S. The van der Waals surface area contributed by atoms with E-state index >= 15 is 0 Å². The largest absolute Gasteiger partial charge is 0.352 e. The summed E-state index contributed by atoms with van der Waals surface area (Å²) >= 11 is 1.37. The molecular weight excluding hydrogens is 372 g/mol. The van der Waals surface area contributed by atoms with Crippen molar-refractivity contribution < 1.29 is 9.59 Å². The second-order valence-electron chi connectivity index (χ2n) is 6.52. The molecule has 0 radical (unpaired) electrons. The van der Waals surface area contributed by atoms with Crippen LogP contribution in [-0.2, 0) is 11.3 Å². The van der Waals surface area contributed by atoms with E-state index in [0.717, 1.165) is 22.6 Å². The quantitative estimate of drug-likeness (QED) is 0.490. The Hall–Kier alpha value is -2.93. The number of hydrogen-bond donors (Lipinski definition) is 1. The molecule has 3 aromatic rings. The van der Waals surface area contributed by atoms with Gasteiger partial charge in [-0.15, -0.1) is 10.2 Å². The van der Waals surface area contributed by atoms with E-state index in [9.17, 15) is 9.59 Å².